The average Bonchev–Trinajstić information content (AvgIpc) is 3.18. The monoisotopic (exact) mass is 348 g/mol. The van der Waals surface area contributed by atoms with Crippen molar-refractivity contribution < 1.29 is 9.21 Å². The molecule has 0 aliphatic rings. The third-order valence-corrected chi connectivity index (χ3v) is 4.41. The highest BCUT2D eigenvalue weighted by Crippen LogP contribution is 2.25. The first-order chi connectivity index (χ1) is 12.4. The molecule has 132 valence electrons. The van der Waals surface area contributed by atoms with Gasteiger partial charge in [0.2, 0.25) is 0 Å². The summed E-state index contributed by atoms with van der Waals surface area (Å²) in [6.45, 7) is 7.94. The van der Waals surface area contributed by atoms with Crippen molar-refractivity contribution in [3.8, 4) is 6.07 Å². The lowest BCUT2D eigenvalue weighted by Gasteiger charge is -2.11. The standard InChI is InChI=1S/C20H20N4O2/c1-12-8-19(23-15(4)22-12)18(10-21)20(25)17-9-13(2)24(14(17)3)11-16-6-5-7-26-16/h5-9,18H,11H2,1-4H3. The molecule has 1 atom stereocenters. The van der Waals surface area contributed by atoms with Crippen molar-refractivity contribution in [1.29, 1.82) is 5.26 Å². The number of hydrogen-bond donors (Lipinski definition) is 0. The second kappa shape index (κ2) is 6.96. The van der Waals surface area contributed by atoms with Crippen molar-refractivity contribution in [1.82, 2.24) is 14.5 Å². The molecule has 0 saturated carbocycles. The predicted molar refractivity (Wildman–Crippen MR) is 95.9 cm³/mol. The first-order valence-corrected chi connectivity index (χ1v) is 8.36. The molecular weight excluding hydrogens is 328 g/mol. The first-order valence-electron chi connectivity index (χ1n) is 8.36. The largest absolute Gasteiger partial charge is 0.467 e. The fraction of sp³-hybridized carbons (Fsp3) is 0.300. The Morgan fingerprint density at radius 1 is 1.27 bits per heavy atom. The van der Waals surface area contributed by atoms with E-state index in [0.717, 1.165) is 22.8 Å². The summed E-state index contributed by atoms with van der Waals surface area (Å²) in [7, 11) is 0. The molecule has 0 aliphatic carbocycles. The van der Waals surface area contributed by atoms with E-state index in [1.807, 2.05) is 43.5 Å². The number of nitriles is 1. The van der Waals surface area contributed by atoms with Crippen LogP contribution in [0, 0.1) is 39.0 Å². The fourth-order valence-corrected chi connectivity index (χ4v) is 3.16. The predicted octanol–water partition coefficient (Wildman–Crippen LogP) is 3.64. The van der Waals surface area contributed by atoms with Crippen LogP contribution in [0.25, 0.3) is 0 Å². The van der Waals surface area contributed by atoms with Crippen molar-refractivity contribution in [3.05, 3.63) is 70.5 Å². The topological polar surface area (TPSA) is 84.7 Å². The van der Waals surface area contributed by atoms with Crippen LogP contribution in [0.5, 0.6) is 0 Å². The van der Waals surface area contributed by atoms with E-state index in [-0.39, 0.29) is 5.78 Å². The second-order valence-electron chi connectivity index (χ2n) is 6.36. The van der Waals surface area contributed by atoms with E-state index in [4.69, 9.17) is 4.42 Å². The average molecular weight is 348 g/mol. The molecule has 0 spiro atoms. The van der Waals surface area contributed by atoms with E-state index in [1.165, 1.54) is 0 Å². The number of aromatic nitrogens is 3. The minimum absolute atomic E-state index is 0.246. The second-order valence-corrected chi connectivity index (χ2v) is 6.36. The van der Waals surface area contributed by atoms with Gasteiger partial charge in [0.15, 0.2) is 11.7 Å². The van der Waals surface area contributed by atoms with Gasteiger partial charge in [0.25, 0.3) is 0 Å². The number of ketones is 1. The van der Waals surface area contributed by atoms with E-state index in [9.17, 15) is 10.1 Å². The van der Waals surface area contributed by atoms with Crippen LogP contribution in [0.2, 0.25) is 0 Å². The van der Waals surface area contributed by atoms with Crippen molar-refractivity contribution in [3.63, 3.8) is 0 Å². The third-order valence-electron chi connectivity index (χ3n) is 4.41. The van der Waals surface area contributed by atoms with Gasteiger partial charge in [0.05, 0.1) is 24.6 Å². The van der Waals surface area contributed by atoms with Crippen LogP contribution >= 0.6 is 0 Å². The highest BCUT2D eigenvalue weighted by molar-refractivity contribution is 6.03. The lowest BCUT2D eigenvalue weighted by atomic mass is 9.95. The van der Waals surface area contributed by atoms with E-state index >= 15 is 0 Å². The normalized spacial score (nSPS) is 12.0. The van der Waals surface area contributed by atoms with Crippen molar-refractivity contribution in [2.45, 2.75) is 40.2 Å². The lowest BCUT2D eigenvalue weighted by Crippen LogP contribution is -2.15. The van der Waals surface area contributed by atoms with E-state index in [0.29, 0.717) is 23.6 Å². The van der Waals surface area contributed by atoms with E-state index < -0.39 is 5.92 Å². The number of aryl methyl sites for hydroxylation is 3. The zero-order valence-electron chi connectivity index (χ0n) is 15.3. The molecule has 0 saturated heterocycles. The summed E-state index contributed by atoms with van der Waals surface area (Å²) in [5.74, 6) is 0.165. The molecule has 26 heavy (non-hydrogen) atoms. The highest BCUT2D eigenvalue weighted by atomic mass is 16.3. The Kier molecular flexibility index (Phi) is 4.72. The van der Waals surface area contributed by atoms with Crippen LogP contribution in [0.1, 0.15) is 50.6 Å². The number of rotatable bonds is 5. The number of furan rings is 1. The van der Waals surface area contributed by atoms with Gasteiger partial charge in [0.1, 0.15) is 11.6 Å². The summed E-state index contributed by atoms with van der Waals surface area (Å²) < 4.78 is 7.42. The summed E-state index contributed by atoms with van der Waals surface area (Å²) >= 11 is 0. The smallest absolute Gasteiger partial charge is 0.187 e. The summed E-state index contributed by atoms with van der Waals surface area (Å²) in [5.41, 5.74) is 3.47. The molecule has 1 unspecified atom stereocenters. The van der Waals surface area contributed by atoms with Gasteiger partial charge in [0, 0.05) is 22.6 Å². The van der Waals surface area contributed by atoms with Crippen LogP contribution in [0.15, 0.2) is 34.9 Å². The molecule has 0 bridgehead atoms. The Hall–Kier alpha value is -3.20. The van der Waals surface area contributed by atoms with Crippen LogP contribution in [0.4, 0.5) is 0 Å². The number of nitrogens with zero attached hydrogens (tertiary/aromatic N) is 4. The Labute approximate surface area is 152 Å². The third kappa shape index (κ3) is 3.29. The molecule has 0 fully saturated rings. The van der Waals surface area contributed by atoms with Crippen LogP contribution in [-0.4, -0.2) is 20.3 Å². The molecule has 6 nitrogen and oxygen atoms in total. The van der Waals surface area contributed by atoms with Crippen LogP contribution < -0.4 is 0 Å². The Balaban J connectivity index is 1.97. The van der Waals surface area contributed by atoms with Gasteiger partial charge < -0.3 is 8.98 Å². The van der Waals surface area contributed by atoms with Gasteiger partial charge in [-0.1, -0.05) is 0 Å². The molecule has 0 aromatic carbocycles. The molecule has 6 heteroatoms. The molecule has 3 heterocycles. The molecular formula is C20H20N4O2. The number of Topliss-reactive ketones (excluding diaryl/α,β-unsaturated/α-hetero) is 1. The molecule has 3 rings (SSSR count). The molecule has 3 aromatic heterocycles. The van der Waals surface area contributed by atoms with E-state index in [2.05, 4.69) is 16.0 Å². The minimum Gasteiger partial charge on any atom is -0.467 e. The van der Waals surface area contributed by atoms with Crippen molar-refractivity contribution >= 4 is 5.78 Å². The number of carbonyl (C=O) groups is 1. The van der Waals surface area contributed by atoms with Crippen LogP contribution in [0.3, 0.4) is 0 Å². The molecule has 0 amide bonds. The quantitative estimate of drug-likeness (QED) is 0.657. The maximum atomic E-state index is 13.1. The summed E-state index contributed by atoms with van der Waals surface area (Å²) in [6.07, 6.45) is 1.63. The van der Waals surface area contributed by atoms with Gasteiger partial charge >= 0.3 is 0 Å². The Morgan fingerprint density at radius 2 is 2.04 bits per heavy atom. The van der Waals surface area contributed by atoms with Crippen molar-refractivity contribution in [2.75, 3.05) is 0 Å². The summed E-state index contributed by atoms with van der Waals surface area (Å²) in [6, 6.07) is 9.35. The van der Waals surface area contributed by atoms with Crippen molar-refractivity contribution in [2.24, 2.45) is 0 Å². The molecule has 3 aromatic rings. The maximum absolute atomic E-state index is 13.1. The molecule has 0 N–H and O–H groups in total. The maximum Gasteiger partial charge on any atom is 0.187 e. The van der Waals surface area contributed by atoms with E-state index in [1.54, 1.807) is 19.3 Å². The highest BCUT2D eigenvalue weighted by Gasteiger charge is 2.27. The lowest BCUT2D eigenvalue weighted by molar-refractivity contribution is 0.0977. The Morgan fingerprint density at radius 3 is 2.65 bits per heavy atom. The fourth-order valence-electron chi connectivity index (χ4n) is 3.16. The van der Waals surface area contributed by atoms with Gasteiger partial charge in [-0.15, -0.1) is 0 Å². The first kappa shape index (κ1) is 17.6. The van der Waals surface area contributed by atoms with Gasteiger partial charge in [-0.2, -0.15) is 5.26 Å². The number of carbonyl (C=O) groups excluding carboxylic acids is 1. The minimum atomic E-state index is -0.951. The van der Waals surface area contributed by atoms with Gasteiger partial charge in [-0.25, -0.2) is 9.97 Å². The van der Waals surface area contributed by atoms with Gasteiger partial charge in [-0.3, -0.25) is 4.79 Å². The zero-order chi connectivity index (χ0) is 18.8. The number of hydrogen-bond acceptors (Lipinski definition) is 5. The summed E-state index contributed by atoms with van der Waals surface area (Å²) in [5, 5.41) is 9.61. The summed E-state index contributed by atoms with van der Waals surface area (Å²) in [4.78, 5) is 21.6. The SMILES string of the molecule is Cc1cc(C(C#N)C(=O)c2cc(C)n(Cc3ccco3)c2C)nc(C)n1. The van der Waals surface area contributed by atoms with Crippen LogP contribution in [-0.2, 0) is 6.54 Å². The molecule has 0 aliphatic heterocycles. The Bertz CT molecular complexity index is 973. The zero-order valence-corrected chi connectivity index (χ0v) is 15.3. The van der Waals surface area contributed by atoms with Gasteiger partial charge in [-0.05, 0) is 52.0 Å². The molecule has 0 radical (unpaired) electrons.